The fraction of sp³-hybridized carbons (Fsp3) is 0.353. The van der Waals surface area contributed by atoms with Crippen molar-refractivity contribution in [1.82, 2.24) is 15.1 Å². The Morgan fingerprint density at radius 3 is 2.65 bits per heavy atom. The smallest absolute Gasteiger partial charge is 0.252 e. The quantitative estimate of drug-likeness (QED) is 0.848. The first-order valence-electron chi connectivity index (χ1n) is 7.76. The van der Waals surface area contributed by atoms with Gasteiger partial charge in [-0.2, -0.15) is 5.10 Å². The number of hydrogen-bond donors (Lipinski definition) is 2. The number of nitrogens with two attached hydrogens (primary N) is 1. The SMILES string of the molecule is C[C@@H](NC(=O)Cn1cc(C(N)=O)c(-c2ccccc2)n1)C1CC1. The first kappa shape index (κ1) is 15.3. The Bertz CT molecular complexity index is 719. The second-order valence-electron chi connectivity index (χ2n) is 6.01. The number of rotatable bonds is 6. The summed E-state index contributed by atoms with van der Waals surface area (Å²) >= 11 is 0. The summed E-state index contributed by atoms with van der Waals surface area (Å²) in [6.45, 7) is 2.09. The molecule has 0 saturated heterocycles. The summed E-state index contributed by atoms with van der Waals surface area (Å²) in [4.78, 5) is 23.7. The van der Waals surface area contributed by atoms with E-state index < -0.39 is 5.91 Å². The minimum Gasteiger partial charge on any atom is -0.365 e. The maximum Gasteiger partial charge on any atom is 0.252 e. The molecular weight excluding hydrogens is 292 g/mol. The van der Waals surface area contributed by atoms with Crippen LogP contribution in [0.5, 0.6) is 0 Å². The maximum atomic E-state index is 12.1. The van der Waals surface area contributed by atoms with Crippen LogP contribution in [-0.2, 0) is 11.3 Å². The molecule has 1 fully saturated rings. The van der Waals surface area contributed by atoms with Gasteiger partial charge in [-0.3, -0.25) is 14.3 Å². The van der Waals surface area contributed by atoms with Gasteiger partial charge >= 0.3 is 0 Å². The molecule has 3 N–H and O–H groups in total. The van der Waals surface area contributed by atoms with Gasteiger partial charge in [-0.1, -0.05) is 30.3 Å². The molecule has 1 heterocycles. The number of carbonyl (C=O) groups is 2. The van der Waals surface area contributed by atoms with Crippen LogP contribution in [-0.4, -0.2) is 27.6 Å². The van der Waals surface area contributed by atoms with Crippen LogP contribution in [0, 0.1) is 5.92 Å². The molecule has 0 radical (unpaired) electrons. The lowest BCUT2D eigenvalue weighted by Gasteiger charge is -2.12. The van der Waals surface area contributed by atoms with Gasteiger partial charge in [-0.25, -0.2) is 0 Å². The molecule has 1 atom stereocenters. The summed E-state index contributed by atoms with van der Waals surface area (Å²) in [7, 11) is 0. The Morgan fingerprint density at radius 1 is 1.35 bits per heavy atom. The second-order valence-corrected chi connectivity index (χ2v) is 6.01. The first-order chi connectivity index (χ1) is 11.0. The molecule has 0 bridgehead atoms. The van der Waals surface area contributed by atoms with Crippen LogP contribution >= 0.6 is 0 Å². The third-order valence-electron chi connectivity index (χ3n) is 4.10. The molecule has 1 aromatic heterocycles. The monoisotopic (exact) mass is 312 g/mol. The molecule has 23 heavy (non-hydrogen) atoms. The highest BCUT2D eigenvalue weighted by Crippen LogP contribution is 2.32. The largest absolute Gasteiger partial charge is 0.365 e. The molecule has 1 aliphatic carbocycles. The topological polar surface area (TPSA) is 90.0 Å². The van der Waals surface area contributed by atoms with Gasteiger partial charge in [0.05, 0.1) is 5.56 Å². The van der Waals surface area contributed by atoms with Crippen LogP contribution in [0.4, 0.5) is 0 Å². The van der Waals surface area contributed by atoms with E-state index in [2.05, 4.69) is 10.4 Å². The van der Waals surface area contributed by atoms with Gasteiger partial charge in [-0.05, 0) is 25.7 Å². The van der Waals surface area contributed by atoms with Crippen molar-refractivity contribution in [3.8, 4) is 11.3 Å². The molecule has 1 aromatic carbocycles. The summed E-state index contributed by atoms with van der Waals surface area (Å²) in [6.07, 6.45) is 3.88. The van der Waals surface area contributed by atoms with E-state index in [0.29, 0.717) is 17.2 Å². The van der Waals surface area contributed by atoms with E-state index in [9.17, 15) is 9.59 Å². The lowest BCUT2D eigenvalue weighted by atomic mass is 10.1. The minimum atomic E-state index is -0.554. The minimum absolute atomic E-state index is 0.0736. The predicted octanol–water partition coefficient (Wildman–Crippen LogP) is 1.56. The zero-order chi connectivity index (χ0) is 16.4. The Hall–Kier alpha value is -2.63. The Balaban J connectivity index is 1.77. The zero-order valence-corrected chi connectivity index (χ0v) is 13.0. The van der Waals surface area contributed by atoms with Gasteiger partial charge < -0.3 is 11.1 Å². The van der Waals surface area contributed by atoms with Crippen LogP contribution in [0.25, 0.3) is 11.3 Å². The van der Waals surface area contributed by atoms with Gasteiger partial charge in [0, 0.05) is 17.8 Å². The molecule has 2 aromatic rings. The average Bonchev–Trinajstić information content (AvgIpc) is 3.29. The highest BCUT2D eigenvalue weighted by molar-refractivity contribution is 5.98. The average molecular weight is 312 g/mol. The molecule has 0 aliphatic heterocycles. The molecular formula is C17H20N4O2. The number of benzene rings is 1. The van der Waals surface area contributed by atoms with Crippen LogP contribution in [0.15, 0.2) is 36.5 Å². The highest BCUT2D eigenvalue weighted by Gasteiger charge is 2.29. The maximum absolute atomic E-state index is 12.1. The number of amides is 2. The van der Waals surface area contributed by atoms with Crippen molar-refractivity contribution in [3.63, 3.8) is 0 Å². The Morgan fingerprint density at radius 2 is 2.04 bits per heavy atom. The van der Waals surface area contributed by atoms with Crippen LogP contribution < -0.4 is 11.1 Å². The molecule has 2 amide bonds. The Kier molecular flexibility index (Phi) is 4.14. The van der Waals surface area contributed by atoms with Gasteiger partial charge in [0.25, 0.3) is 5.91 Å². The normalized spacial score (nSPS) is 15.2. The van der Waals surface area contributed by atoms with E-state index in [4.69, 9.17) is 5.73 Å². The van der Waals surface area contributed by atoms with Crippen molar-refractivity contribution in [2.75, 3.05) is 0 Å². The van der Waals surface area contributed by atoms with Crippen molar-refractivity contribution >= 4 is 11.8 Å². The molecule has 0 unspecified atom stereocenters. The summed E-state index contributed by atoms with van der Waals surface area (Å²) in [5.74, 6) is -0.0676. The van der Waals surface area contributed by atoms with E-state index in [1.165, 1.54) is 23.7 Å². The molecule has 1 saturated carbocycles. The molecule has 1 aliphatic rings. The zero-order valence-electron chi connectivity index (χ0n) is 13.0. The van der Waals surface area contributed by atoms with Gasteiger partial charge in [0.15, 0.2) is 0 Å². The third kappa shape index (κ3) is 3.59. The summed E-state index contributed by atoms with van der Waals surface area (Å²) in [5, 5.41) is 7.34. The van der Waals surface area contributed by atoms with E-state index in [1.54, 1.807) is 0 Å². The van der Waals surface area contributed by atoms with Gasteiger partial charge in [0.1, 0.15) is 12.2 Å². The fourth-order valence-corrected chi connectivity index (χ4v) is 2.65. The standard InChI is InChI=1S/C17H20N4O2/c1-11(12-7-8-12)19-15(22)10-21-9-14(17(18)23)16(20-21)13-5-3-2-4-6-13/h2-6,9,11-12H,7-8,10H2,1H3,(H2,18,23)(H,19,22)/t11-/m1/s1. The van der Waals surface area contributed by atoms with Crippen LogP contribution in [0.2, 0.25) is 0 Å². The molecule has 3 rings (SSSR count). The summed E-state index contributed by atoms with van der Waals surface area (Å²) < 4.78 is 1.47. The molecule has 0 spiro atoms. The lowest BCUT2D eigenvalue weighted by molar-refractivity contribution is -0.122. The van der Waals surface area contributed by atoms with Crippen molar-refractivity contribution < 1.29 is 9.59 Å². The first-order valence-corrected chi connectivity index (χ1v) is 7.76. The van der Waals surface area contributed by atoms with Crippen molar-refractivity contribution in [2.45, 2.75) is 32.4 Å². The summed E-state index contributed by atoms with van der Waals surface area (Å²) in [6, 6.07) is 9.51. The number of aromatic nitrogens is 2. The van der Waals surface area contributed by atoms with E-state index >= 15 is 0 Å². The molecule has 6 nitrogen and oxygen atoms in total. The van der Waals surface area contributed by atoms with Crippen LogP contribution in [0.1, 0.15) is 30.1 Å². The molecule has 6 heteroatoms. The van der Waals surface area contributed by atoms with Crippen molar-refractivity contribution in [2.24, 2.45) is 11.7 Å². The van der Waals surface area contributed by atoms with Crippen molar-refractivity contribution in [1.29, 1.82) is 0 Å². The number of nitrogens with zero attached hydrogens (tertiary/aromatic N) is 2. The number of carbonyl (C=O) groups excluding carboxylic acids is 2. The number of primary amides is 1. The predicted molar refractivity (Wildman–Crippen MR) is 86.5 cm³/mol. The lowest BCUT2D eigenvalue weighted by Crippen LogP contribution is -2.36. The van der Waals surface area contributed by atoms with E-state index in [1.807, 2.05) is 37.3 Å². The fourth-order valence-electron chi connectivity index (χ4n) is 2.65. The van der Waals surface area contributed by atoms with E-state index in [-0.39, 0.29) is 18.5 Å². The second kappa shape index (κ2) is 6.24. The molecule has 120 valence electrons. The summed E-state index contributed by atoms with van der Waals surface area (Å²) in [5.41, 5.74) is 7.05. The van der Waals surface area contributed by atoms with Gasteiger partial charge in [-0.15, -0.1) is 0 Å². The number of nitrogens with one attached hydrogen (secondary N) is 1. The highest BCUT2D eigenvalue weighted by atomic mass is 16.2. The van der Waals surface area contributed by atoms with E-state index in [0.717, 1.165) is 5.56 Å². The number of hydrogen-bond acceptors (Lipinski definition) is 3. The Labute approximate surface area is 134 Å². The van der Waals surface area contributed by atoms with Gasteiger partial charge in [0.2, 0.25) is 5.91 Å². The third-order valence-corrected chi connectivity index (χ3v) is 4.10. The van der Waals surface area contributed by atoms with Crippen molar-refractivity contribution in [3.05, 3.63) is 42.1 Å². The van der Waals surface area contributed by atoms with Crippen LogP contribution in [0.3, 0.4) is 0 Å².